The van der Waals surface area contributed by atoms with Crippen LogP contribution < -0.4 is 32.3 Å². The maximum atomic E-state index is 13.8. The predicted molar refractivity (Wildman–Crippen MR) is 268 cm³/mol. The number of unbranched alkanes of at least 4 members (excludes halogenated alkanes) is 1. The zero-order valence-electron chi connectivity index (χ0n) is 42.7. The van der Waals surface area contributed by atoms with E-state index in [0.29, 0.717) is 102 Å². The molecule has 21 heteroatoms. The number of carbonyl (C=O) groups is 8. The molecule has 398 valence electrons. The highest BCUT2D eigenvalue weighted by Crippen LogP contribution is 2.31. The average Bonchev–Trinajstić information content (AvgIpc) is 3.96. The zero-order valence-corrected chi connectivity index (χ0v) is 42.7. The molecule has 1 aliphatic heterocycles. The summed E-state index contributed by atoms with van der Waals surface area (Å²) in [4.78, 5) is 102. The summed E-state index contributed by atoms with van der Waals surface area (Å²) in [5.74, 6) is -2.23. The third-order valence-corrected chi connectivity index (χ3v) is 13.0. The van der Waals surface area contributed by atoms with Crippen LogP contribution in [0.25, 0.3) is 0 Å². The number of nitrogens with two attached hydrogens (primary N) is 1. The van der Waals surface area contributed by atoms with Gasteiger partial charge < -0.3 is 46.5 Å². The summed E-state index contributed by atoms with van der Waals surface area (Å²) in [7, 11) is 0. The topological polar surface area (TPSA) is 284 Å². The van der Waals surface area contributed by atoms with Crippen molar-refractivity contribution in [2.24, 2.45) is 17.6 Å². The molecule has 7 N–H and O–H groups in total. The number of ether oxygens (including phenoxy) is 3. The molecule has 2 heterocycles. The fourth-order valence-electron chi connectivity index (χ4n) is 8.67. The number of nitrogens with zero attached hydrogens (tertiary/aromatic N) is 4. The third-order valence-electron chi connectivity index (χ3n) is 13.0. The summed E-state index contributed by atoms with van der Waals surface area (Å²) in [6.07, 6.45) is 8.07. The third kappa shape index (κ3) is 20.1. The lowest BCUT2D eigenvalue weighted by Crippen LogP contribution is -2.54. The van der Waals surface area contributed by atoms with Crippen molar-refractivity contribution in [3.8, 4) is 0 Å². The summed E-state index contributed by atoms with van der Waals surface area (Å²) in [5.41, 5.74) is 7.10. The summed E-state index contributed by atoms with van der Waals surface area (Å²) in [6, 6.07) is 13.8. The van der Waals surface area contributed by atoms with E-state index in [1.165, 1.54) is 4.90 Å². The van der Waals surface area contributed by atoms with Gasteiger partial charge in [-0.15, -0.1) is 5.10 Å². The van der Waals surface area contributed by atoms with Crippen LogP contribution in [0.4, 0.5) is 5.69 Å². The predicted octanol–water partition coefficient (Wildman–Crippen LogP) is 2.99. The molecule has 2 aliphatic rings. The molecule has 3 aromatic rings. The van der Waals surface area contributed by atoms with Crippen molar-refractivity contribution in [2.45, 2.75) is 148 Å². The molecule has 0 radical (unpaired) electrons. The van der Waals surface area contributed by atoms with Crippen molar-refractivity contribution in [2.75, 3.05) is 38.2 Å². The van der Waals surface area contributed by atoms with E-state index >= 15 is 0 Å². The minimum atomic E-state index is -1.08. The smallest absolute Gasteiger partial charge is 0.293 e. The monoisotopic (exact) mass is 1010 g/mol. The number of aromatic nitrogens is 3. The maximum absolute atomic E-state index is 13.8. The Morgan fingerprint density at radius 3 is 2.22 bits per heavy atom. The number of benzene rings is 2. The summed E-state index contributed by atoms with van der Waals surface area (Å²) >= 11 is 0. The molecule has 2 aromatic carbocycles. The number of aryl methyl sites for hydroxylation is 1. The Morgan fingerprint density at radius 2 is 1.53 bits per heavy atom. The first-order chi connectivity index (χ1) is 34.9. The summed E-state index contributed by atoms with van der Waals surface area (Å²) in [5, 5.41) is 22.7. The molecular formula is C52H74N10O11. The number of nitrogens with one attached hydrogen (secondary N) is 5. The van der Waals surface area contributed by atoms with E-state index in [0.717, 1.165) is 24.0 Å². The average molecular weight is 1020 g/mol. The van der Waals surface area contributed by atoms with E-state index in [9.17, 15) is 38.4 Å². The highest BCUT2D eigenvalue weighted by atomic mass is 16.5. The van der Waals surface area contributed by atoms with Crippen molar-refractivity contribution < 1.29 is 52.6 Å². The van der Waals surface area contributed by atoms with E-state index in [1.807, 2.05) is 58.0 Å². The normalized spacial score (nSPS) is 16.8. The molecule has 1 saturated carbocycles. The van der Waals surface area contributed by atoms with Gasteiger partial charge in [-0.3, -0.25) is 47.9 Å². The van der Waals surface area contributed by atoms with Gasteiger partial charge in [0.15, 0.2) is 0 Å². The van der Waals surface area contributed by atoms with Crippen LogP contribution in [0.15, 0.2) is 60.8 Å². The second kappa shape index (κ2) is 28.6. The molecule has 7 amide bonds. The SMILES string of the molecule is CC(C)(CCOC(C)(C)CCn1cc(CNC(=O)C2CCC(CN3C(=O)CCC3=O)CC2)nn1)NC(=O)COCC(=O)NC(Cc1ccccc1)C(=O)NC(CCCCN)C(=O)Nc1ccc(COC=O)cc1. The van der Waals surface area contributed by atoms with Crippen LogP contribution in [-0.4, -0.2) is 124 Å². The van der Waals surface area contributed by atoms with Crippen LogP contribution in [-0.2, 0) is 78.7 Å². The standard InChI is InChI=1S/C52H74N10O11/c1-51(2,24-27-73-52(3,4)23-26-61-31-41(59-60-61)29-54-48(68)39-17-13-37(14-18-39)30-62-46(66)21-22-47(62)67)58-45(65)34-71-33-44(64)56-43(28-36-10-6-5-7-11-36)50(70)57-42(12-8-9-25-53)49(69)55-40-19-15-38(16-20-40)32-72-35-63/h5-7,10-11,15-16,19-20,31,35,37,39,42-43H,8-9,12-14,17-18,21-30,32-34,53H2,1-4H3,(H,54,68)(H,55,69)(H,56,64)(H,57,70)(H,58,65). The van der Waals surface area contributed by atoms with E-state index in [2.05, 4.69) is 36.9 Å². The Kier molecular flexibility index (Phi) is 22.5. The number of hydrogen-bond acceptors (Lipinski definition) is 14. The molecule has 21 nitrogen and oxygen atoms in total. The fourth-order valence-corrected chi connectivity index (χ4v) is 8.67. The van der Waals surface area contributed by atoms with Gasteiger partial charge in [-0.2, -0.15) is 0 Å². The summed E-state index contributed by atoms with van der Waals surface area (Å²) < 4.78 is 18.2. The van der Waals surface area contributed by atoms with E-state index in [-0.39, 0.29) is 49.1 Å². The van der Waals surface area contributed by atoms with Crippen LogP contribution in [0.2, 0.25) is 0 Å². The molecule has 2 unspecified atom stereocenters. The van der Waals surface area contributed by atoms with Crippen molar-refractivity contribution in [1.29, 1.82) is 0 Å². The van der Waals surface area contributed by atoms with Crippen LogP contribution in [0, 0.1) is 11.8 Å². The molecule has 0 bridgehead atoms. The first-order valence-electron chi connectivity index (χ1n) is 25.2. The lowest BCUT2D eigenvalue weighted by atomic mass is 9.81. The molecule has 73 heavy (non-hydrogen) atoms. The zero-order chi connectivity index (χ0) is 52.8. The highest BCUT2D eigenvalue weighted by Gasteiger charge is 2.34. The number of likely N-dealkylation sites (tertiary alicyclic amines) is 1. The molecule has 5 rings (SSSR count). The molecule has 1 aliphatic carbocycles. The molecule has 2 atom stereocenters. The lowest BCUT2D eigenvalue weighted by molar-refractivity contribution is -0.140. The number of imide groups is 1. The van der Waals surface area contributed by atoms with Gasteiger partial charge in [0.2, 0.25) is 41.4 Å². The van der Waals surface area contributed by atoms with Gasteiger partial charge in [0.05, 0.1) is 18.3 Å². The highest BCUT2D eigenvalue weighted by molar-refractivity contribution is 6.02. The van der Waals surface area contributed by atoms with Gasteiger partial charge in [0, 0.05) is 56.1 Å². The molecule has 2 fully saturated rings. The Hall–Kier alpha value is -6.58. The number of amides is 7. The van der Waals surface area contributed by atoms with E-state index in [1.54, 1.807) is 35.1 Å². The Labute approximate surface area is 427 Å². The Balaban J connectivity index is 1.00. The maximum Gasteiger partial charge on any atom is 0.293 e. The molecule has 1 saturated heterocycles. The van der Waals surface area contributed by atoms with Gasteiger partial charge >= 0.3 is 0 Å². The second-order valence-electron chi connectivity index (χ2n) is 20.1. The van der Waals surface area contributed by atoms with Gasteiger partial charge in [-0.05, 0) is 121 Å². The number of anilines is 1. The minimum absolute atomic E-state index is 0.0344. The van der Waals surface area contributed by atoms with Gasteiger partial charge in [0.1, 0.15) is 37.6 Å². The summed E-state index contributed by atoms with van der Waals surface area (Å²) in [6.45, 7) is 9.14. The van der Waals surface area contributed by atoms with Crippen molar-refractivity contribution in [3.63, 3.8) is 0 Å². The number of carbonyl (C=O) groups excluding carboxylic acids is 8. The second-order valence-corrected chi connectivity index (χ2v) is 20.1. The van der Waals surface area contributed by atoms with Gasteiger partial charge in [-0.25, -0.2) is 0 Å². The van der Waals surface area contributed by atoms with Crippen LogP contribution in [0.1, 0.15) is 115 Å². The number of rotatable bonds is 31. The Morgan fingerprint density at radius 1 is 0.836 bits per heavy atom. The van der Waals surface area contributed by atoms with E-state index in [4.69, 9.17) is 19.9 Å². The Bertz CT molecular complexity index is 2280. The van der Waals surface area contributed by atoms with Crippen LogP contribution in [0.3, 0.4) is 0 Å². The molecule has 0 spiro atoms. The molecule has 1 aromatic heterocycles. The van der Waals surface area contributed by atoms with Crippen molar-refractivity contribution >= 4 is 53.5 Å². The van der Waals surface area contributed by atoms with Gasteiger partial charge in [0.25, 0.3) is 6.47 Å². The van der Waals surface area contributed by atoms with Crippen molar-refractivity contribution in [1.82, 2.24) is 41.2 Å². The van der Waals surface area contributed by atoms with Gasteiger partial charge in [-0.1, -0.05) is 47.7 Å². The fraction of sp³-hybridized carbons (Fsp3) is 0.577. The quantitative estimate of drug-likeness (QED) is 0.0307. The minimum Gasteiger partial charge on any atom is -0.463 e. The number of hydrogen-bond donors (Lipinski definition) is 6. The lowest BCUT2D eigenvalue weighted by Gasteiger charge is -2.30. The molecular weight excluding hydrogens is 941 g/mol. The first kappa shape index (κ1) is 57.3. The van der Waals surface area contributed by atoms with Crippen LogP contribution in [0.5, 0.6) is 0 Å². The van der Waals surface area contributed by atoms with E-state index < -0.39 is 60.1 Å². The van der Waals surface area contributed by atoms with Crippen LogP contribution >= 0.6 is 0 Å². The largest absolute Gasteiger partial charge is 0.463 e. The first-order valence-corrected chi connectivity index (χ1v) is 25.2. The van der Waals surface area contributed by atoms with Crippen molar-refractivity contribution in [3.05, 3.63) is 77.6 Å².